The number of rotatable bonds is 6. The number of benzene rings is 1. The maximum atomic E-state index is 6.14. The van der Waals surface area contributed by atoms with Gasteiger partial charge < -0.3 is 24.7 Å². The lowest BCUT2D eigenvalue weighted by atomic mass is 9.90. The Labute approximate surface area is 166 Å². The molecule has 8 heteroatoms. The monoisotopic (exact) mass is 386 g/mol. The topological polar surface area (TPSA) is 85.6 Å². The highest BCUT2D eigenvalue weighted by molar-refractivity contribution is 5.80. The van der Waals surface area contributed by atoms with E-state index in [9.17, 15) is 0 Å². The van der Waals surface area contributed by atoms with Crippen molar-refractivity contribution >= 4 is 5.96 Å². The largest absolute Gasteiger partial charge is 0.487 e. The summed E-state index contributed by atoms with van der Waals surface area (Å²) >= 11 is 0. The molecule has 1 aliphatic rings. The van der Waals surface area contributed by atoms with E-state index in [2.05, 4.69) is 40.7 Å². The Morgan fingerprint density at radius 1 is 1.36 bits per heavy atom. The van der Waals surface area contributed by atoms with Crippen molar-refractivity contribution in [3.63, 3.8) is 0 Å². The summed E-state index contributed by atoms with van der Waals surface area (Å²) in [6, 6.07) is 8.24. The van der Waals surface area contributed by atoms with Gasteiger partial charge in [0.2, 0.25) is 0 Å². The van der Waals surface area contributed by atoms with Crippen molar-refractivity contribution in [1.82, 2.24) is 25.4 Å². The van der Waals surface area contributed by atoms with Crippen LogP contribution in [0.1, 0.15) is 43.5 Å². The molecule has 0 bridgehead atoms. The molecule has 0 aliphatic carbocycles. The van der Waals surface area contributed by atoms with E-state index in [1.807, 2.05) is 36.7 Å². The second-order valence-corrected chi connectivity index (χ2v) is 7.61. The minimum atomic E-state index is -0.260. The van der Waals surface area contributed by atoms with Crippen LogP contribution in [0.25, 0.3) is 0 Å². The Kier molecular flexibility index (Phi) is 6.18. The van der Waals surface area contributed by atoms with Crippen molar-refractivity contribution < 1.29 is 9.47 Å². The molecule has 152 valence electrons. The van der Waals surface area contributed by atoms with Crippen molar-refractivity contribution in [2.75, 3.05) is 20.3 Å². The molecular formula is C20H30N6O2. The van der Waals surface area contributed by atoms with Crippen LogP contribution in [0.2, 0.25) is 0 Å². The predicted octanol–water partition coefficient (Wildman–Crippen LogP) is 2.11. The van der Waals surface area contributed by atoms with Crippen LogP contribution in [-0.4, -0.2) is 46.6 Å². The Balaban J connectivity index is 1.80. The van der Waals surface area contributed by atoms with E-state index in [-0.39, 0.29) is 11.6 Å². The first kappa shape index (κ1) is 20.1. The highest BCUT2D eigenvalue weighted by Crippen LogP contribution is 2.39. The van der Waals surface area contributed by atoms with Crippen molar-refractivity contribution in [1.29, 1.82) is 0 Å². The van der Waals surface area contributed by atoms with Gasteiger partial charge in [-0.1, -0.05) is 18.2 Å². The number of nitrogens with zero attached hydrogens (tertiary/aromatic N) is 4. The molecule has 1 aliphatic heterocycles. The standard InChI is InChI=1S/C20H30N6O2/c1-14-24-25-18(26(14)4)13-22-19(21-10-11-27-5)23-16-12-20(2,3)28-17-9-7-6-8-15(16)17/h6-9,16H,10-13H2,1-5H3,(H2,21,22,23). The molecule has 0 radical (unpaired) electrons. The van der Waals surface area contributed by atoms with E-state index in [0.29, 0.717) is 19.7 Å². The summed E-state index contributed by atoms with van der Waals surface area (Å²) in [6.45, 7) is 7.84. The highest BCUT2D eigenvalue weighted by atomic mass is 16.5. The molecule has 1 atom stereocenters. The summed E-state index contributed by atoms with van der Waals surface area (Å²) in [5.74, 6) is 3.32. The average molecular weight is 387 g/mol. The summed E-state index contributed by atoms with van der Waals surface area (Å²) in [5.41, 5.74) is 0.877. The Morgan fingerprint density at radius 2 is 2.14 bits per heavy atom. The summed E-state index contributed by atoms with van der Waals surface area (Å²) in [4.78, 5) is 4.73. The van der Waals surface area contributed by atoms with Crippen LogP contribution in [0.15, 0.2) is 29.3 Å². The van der Waals surface area contributed by atoms with Crippen LogP contribution < -0.4 is 15.4 Å². The van der Waals surface area contributed by atoms with Gasteiger partial charge in [-0.15, -0.1) is 10.2 Å². The third kappa shape index (κ3) is 4.81. The van der Waals surface area contributed by atoms with E-state index in [1.54, 1.807) is 7.11 Å². The Morgan fingerprint density at radius 3 is 2.86 bits per heavy atom. The average Bonchev–Trinajstić information content (AvgIpc) is 2.97. The Hall–Kier alpha value is -2.61. The number of hydrogen-bond donors (Lipinski definition) is 2. The molecule has 2 heterocycles. The van der Waals surface area contributed by atoms with Gasteiger partial charge in [-0.05, 0) is 26.8 Å². The lowest BCUT2D eigenvalue weighted by molar-refractivity contribution is 0.0693. The van der Waals surface area contributed by atoms with Crippen LogP contribution in [0.3, 0.4) is 0 Å². The summed E-state index contributed by atoms with van der Waals surface area (Å²) in [7, 11) is 3.63. The molecule has 2 aromatic rings. The summed E-state index contributed by atoms with van der Waals surface area (Å²) in [5, 5.41) is 15.2. The van der Waals surface area contributed by atoms with E-state index in [0.717, 1.165) is 35.3 Å². The zero-order chi connectivity index (χ0) is 20.1. The van der Waals surface area contributed by atoms with Crippen LogP contribution in [-0.2, 0) is 18.3 Å². The molecule has 28 heavy (non-hydrogen) atoms. The summed E-state index contributed by atoms with van der Waals surface area (Å²) < 4.78 is 13.2. The third-order valence-corrected chi connectivity index (χ3v) is 4.85. The first-order valence-electron chi connectivity index (χ1n) is 9.56. The van der Waals surface area contributed by atoms with Gasteiger partial charge in [0.1, 0.15) is 23.7 Å². The van der Waals surface area contributed by atoms with Crippen LogP contribution in [0.4, 0.5) is 0 Å². The minimum Gasteiger partial charge on any atom is -0.487 e. The molecule has 1 aromatic carbocycles. The zero-order valence-electron chi connectivity index (χ0n) is 17.3. The maximum absolute atomic E-state index is 6.14. The normalized spacial score (nSPS) is 18.3. The lowest BCUT2D eigenvalue weighted by Gasteiger charge is -2.38. The van der Waals surface area contributed by atoms with Crippen LogP contribution in [0.5, 0.6) is 5.75 Å². The maximum Gasteiger partial charge on any atom is 0.192 e. The molecule has 2 N–H and O–H groups in total. The van der Waals surface area contributed by atoms with Crippen molar-refractivity contribution in [3.05, 3.63) is 41.5 Å². The molecule has 0 fully saturated rings. The van der Waals surface area contributed by atoms with Gasteiger partial charge in [0.15, 0.2) is 11.8 Å². The van der Waals surface area contributed by atoms with Gasteiger partial charge in [-0.25, -0.2) is 4.99 Å². The van der Waals surface area contributed by atoms with Crippen molar-refractivity contribution in [3.8, 4) is 5.75 Å². The van der Waals surface area contributed by atoms with E-state index in [4.69, 9.17) is 14.5 Å². The molecule has 1 unspecified atom stereocenters. The number of para-hydroxylation sites is 1. The number of nitrogens with one attached hydrogen (secondary N) is 2. The van der Waals surface area contributed by atoms with Crippen LogP contribution in [0, 0.1) is 6.92 Å². The van der Waals surface area contributed by atoms with Gasteiger partial charge in [-0.3, -0.25) is 0 Å². The number of aromatic nitrogens is 3. The number of methoxy groups -OCH3 is 1. The molecule has 0 amide bonds. The van der Waals surface area contributed by atoms with E-state index < -0.39 is 0 Å². The van der Waals surface area contributed by atoms with Gasteiger partial charge in [0.05, 0.1) is 12.6 Å². The number of fused-ring (bicyclic) bond motifs is 1. The molecule has 1 aromatic heterocycles. The quantitative estimate of drug-likeness (QED) is 0.449. The summed E-state index contributed by atoms with van der Waals surface area (Å²) in [6.07, 6.45) is 0.831. The van der Waals surface area contributed by atoms with Gasteiger partial charge in [-0.2, -0.15) is 0 Å². The van der Waals surface area contributed by atoms with E-state index in [1.165, 1.54) is 0 Å². The molecule has 0 spiro atoms. The Bertz CT molecular complexity index is 830. The SMILES string of the molecule is COCCNC(=NCc1nnc(C)n1C)NC1CC(C)(C)Oc2ccccc21. The lowest BCUT2D eigenvalue weighted by Crippen LogP contribution is -2.46. The van der Waals surface area contributed by atoms with Gasteiger partial charge in [0.25, 0.3) is 0 Å². The van der Waals surface area contributed by atoms with Gasteiger partial charge in [0, 0.05) is 32.7 Å². The number of hydrogen-bond acceptors (Lipinski definition) is 5. The molecule has 8 nitrogen and oxygen atoms in total. The first-order chi connectivity index (χ1) is 13.4. The number of guanidine groups is 1. The fraction of sp³-hybridized carbons (Fsp3) is 0.550. The molecule has 0 saturated heterocycles. The number of aryl methyl sites for hydroxylation is 1. The zero-order valence-corrected chi connectivity index (χ0v) is 17.3. The predicted molar refractivity (Wildman–Crippen MR) is 108 cm³/mol. The van der Waals surface area contributed by atoms with Crippen molar-refractivity contribution in [2.24, 2.45) is 12.0 Å². The molecular weight excluding hydrogens is 356 g/mol. The number of ether oxygens (including phenoxy) is 2. The second-order valence-electron chi connectivity index (χ2n) is 7.61. The fourth-order valence-corrected chi connectivity index (χ4v) is 3.26. The van der Waals surface area contributed by atoms with Crippen molar-refractivity contribution in [2.45, 2.75) is 45.4 Å². The minimum absolute atomic E-state index is 0.0926. The number of aliphatic imine (C=N–C) groups is 1. The molecule has 0 saturated carbocycles. The molecule has 3 rings (SSSR count). The smallest absolute Gasteiger partial charge is 0.192 e. The fourth-order valence-electron chi connectivity index (χ4n) is 3.26. The second kappa shape index (κ2) is 8.60. The highest BCUT2D eigenvalue weighted by Gasteiger charge is 2.34. The van der Waals surface area contributed by atoms with Gasteiger partial charge >= 0.3 is 0 Å². The first-order valence-corrected chi connectivity index (χ1v) is 9.56. The van der Waals surface area contributed by atoms with Crippen LogP contribution >= 0.6 is 0 Å². The van der Waals surface area contributed by atoms with E-state index >= 15 is 0 Å². The third-order valence-electron chi connectivity index (χ3n) is 4.85.